The average molecular weight is 280 g/mol. The van der Waals surface area contributed by atoms with Gasteiger partial charge >= 0.3 is 12.0 Å². The molecule has 1 atom stereocenters. The minimum atomic E-state index is -1.15. The first-order valence-electron chi connectivity index (χ1n) is 6.43. The summed E-state index contributed by atoms with van der Waals surface area (Å²) in [5.74, 6) is -0.890. The zero-order chi connectivity index (χ0) is 15.0. The molecule has 0 radical (unpaired) electrons. The predicted molar refractivity (Wildman–Crippen MR) is 74.3 cm³/mol. The monoisotopic (exact) mass is 280 g/mol. The minimum Gasteiger partial charge on any atom is -0.481 e. The van der Waals surface area contributed by atoms with Gasteiger partial charge < -0.3 is 20.8 Å². The van der Waals surface area contributed by atoms with Crippen molar-refractivity contribution in [3.05, 3.63) is 35.9 Å². The van der Waals surface area contributed by atoms with Gasteiger partial charge in [0.1, 0.15) is 5.60 Å². The van der Waals surface area contributed by atoms with Gasteiger partial charge in [0, 0.05) is 13.0 Å². The van der Waals surface area contributed by atoms with Gasteiger partial charge in [0.25, 0.3) is 0 Å². The Morgan fingerprint density at radius 2 is 1.85 bits per heavy atom. The highest BCUT2D eigenvalue weighted by molar-refractivity contribution is 5.74. The Morgan fingerprint density at radius 1 is 1.20 bits per heavy atom. The number of urea groups is 1. The topological polar surface area (TPSA) is 98.7 Å². The molecule has 0 fully saturated rings. The molecule has 4 N–H and O–H groups in total. The largest absolute Gasteiger partial charge is 0.481 e. The minimum absolute atomic E-state index is 0.0159. The van der Waals surface area contributed by atoms with Crippen LogP contribution in [0, 0.1) is 0 Å². The molecule has 110 valence electrons. The Kier molecular flexibility index (Phi) is 5.99. The maximum Gasteiger partial charge on any atom is 0.314 e. The summed E-state index contributed by atoms with van der Waals surface area (Å²) in [6.07, 6.45) is 0.389. The zero-order valence-corrected chi connectivity index (χ0v) is 11.4. The fourth-order valence-electron chi connectivity index (χ4n) is 1.66. The normalized spacial score (nSPS) is 13.3. The summed E-state index contributed by atoms with van der Waals surface area (Å²) in [5, 5.41) is 23.8. The number of carbonyl (C=O) groups excluding carboxylic acids is 1. The number of amides is 2. The lowest BCUT2D eigenvalue weighted by Gasteiger charge is -2.24. The van der Waals surface area contributed by atoms with E-state index in [1.54, 1.807) is 19.1 Å². The van der Waals surface area contributed by atoms with Gasteiger partial charge in [0.15, 0.2) is 0 Å². The molecule has 1 aromatic rings. The van der Waals surface area contributed by atoms with E-state index in [1.807, 2.05) is 18.2 Å². The predicted octanol–water partition coefficient (Wildman–Crippen LogP) is 1.06. The lowest BCUT2D eigenvalue weighted by Crippen LogP contribution is -2.43. The molecule has 6 nitrogen and oxygen atoms in total. The van der Waals surface area contributed by atoms with Crippen molar-refractivity contribution in [3.63, 3.8) is 0 Å². The molecule has 1 aromatic carbocycles. The van der Waals surface area contributed by atoms with Gasteiger partial charge in [-0.1, -0.05) is 30.3 Å². The number of aliphatic hydroxyl groups is 1. The molecule has 1 unspecified atom stereocenters. The summed E-state index contributed by atoms with van der Waals surface area (Å²) >= 11 is 0. The molecule has 0 aliphatic carbocycles. The molecule has 0 spiro atoms. The molecule has 0 aliphatic heterocycles. The lowest BCUT2D eigenvalue weighted by molar-refractivity contribution is -0.137. The van der Waals surface area contributed by atoms with Crippen molar-refractivity contribution in [2.24, 2.45) is 0 Å². The van der Waals surface area contributed by atoms with Gasteiger partial charge in [-0.3, -0.25) is 4.79 Å². The molecule has 20 heavy (non-hydrogen) atoms. The van der Waals surface area contributed by atoms with Crippen molar-refractivity contribution < 1.29 is 19.8 Å². The number of aliphatic carboxylic acids is 1. The quantitative estimate of drug-likeness (QED) is 0.561. The van der Waals surface area contributed by atoms with Crippen molar-refractivity contribution in [3.8, 4) is 0 Å². The van der Waals surface area contributed by atoms with Gasteiger partial charge in [0.2, 0.25) is 0 Å². The standard InChI is InChI=1S/C14H20N2O4/c1-14(20,11-6-3-2-4-7-11)10-16-13(19)15-9-5-8-12(17)18/h2-4,6-7,20H,5,8-10H2,1H3,(H,17,18)(H2,15,16,19). The maximum atomic E-state index is 11.5. The highest BCUT2D eigenvalue weighted by atomic mass is 16.4. The molecule has 1 rings (SSSR count). The van der Waals surface area contributed by atoms with Crippen LogP contribution in [0.5, 0.6) is 0 Å². The number of rotatable bonds is 7. The Labute approximate surface area is 117 Å². The average Bonchev–Trinajstić information content (AvgIpc) is 2.42. The van der Waals surface area contributed by atoms with E-state index in [4.69, 9.17) is 5.11 Å². The van der Waals surface area contributed by atoms with E-state index < -0.39 is 17.6 Å². The van der Waals surface area contributed by atoms with Crippen LogP contribution in [-0.4, -0.2) is 35.3 Å². The van der Waals surface area contributed by atoms with Crippen molar-refractivity contribution in [2.45, 2.75) is 25.4 Å². The van der Waals surface area contributed by atoms with Crippen molar-refractivity contribution >= 4 is 12.0 Å². The molecule has 0 bridgehead atoms. The fourth-order valence-corrected chi connectivity index (χ4v) is 1.66. The fraction of sp³-hybridized carbons (Fsp3) is 0.429. The molecular formula is C14H20N2O4. The third-order valence-corrected chi connectivity index (χ3v) is 2.84. The Bertz CT molecular complexity index is 446. The van der Waals surface area contributed by atoms with Gasteiger partial charge in [0.05, 0.1) is 6.54 Å². The molecule has 0 heterocycles. The van der Waals surface area contributed by atoms with Crippen LogP contribution in [0.25, 0.3) is 0 Å². The Hall–Kier alpha value is -2.08. The van der Waals surface area contributed by atoms with Crippen LogP contribution in [0.15, 0.2) is 30.3 Å². The molecule has 0 aromatic heterocycles. The van der Waals surface area contributed by atoms with E-state index in [0.29, 0.717) is 12.0 Å². The molecule has 0 saturated heterocycles. The van der Waals surface area contributed by atoms with Crippen LogP contribution in [0.2, 0.25) is 0 Å². The Balaban J connectivity index is 2.31. The molecular weight excluding hydrogens is 260 g/mol. The zero-order valence-electron chi connectivity index (χ0n) is 11.4. The van der Waals surface area contributed by atoms with Crippen LogP contribution in [0.4, 0.5) is 4.79 Å². The first-order chi connectivity index (χ1) is 9.42. The SMILES string of the molecule is CC(O)(CNC(=O)NCCCC(=O)O)c1ccccc1. The first-order valence-corrected chi connectivity index (χ1v) is 6.43. The number of hydrogen-bond acceptors (Lipinski definition) is 3. The summed E-state index contributed by atoms with van der Waals surface area (Å²) in [5.41, 5.74) is -0.439. The van der Waals surface area contributed by atoms with Crippen LogP contribution < -0.4 is 10.6 Å². The second-order valence-electron chi connectivity index (χ2n) is 4.75. The van der Waals surface area contributed by atoms with E-state index >= 15 is 0 Å². The number of nitrogens with one attached hydrogen (secondary N) is 2. The molecule has 0 saturated carbocycles. The van der Waals surface area contributed by atoms with Crippen LogP contribution >= 0.6 is 0 Å². The van der Waals surface area contributed by atoms with Gasteiger partial charge in [-0.25, -0.2) is 4.79 Å². The second-order valence-corrected chi connectivity index (χ2v) is 4.75. The second kappa shape index (κ2) is 7.49. The van der Waals surface area contributed by atoms with Crippen molar-refractivity contribution in [1.82, 2.24) is 10.6 Å². The number of carboxylic acids is 1. The molecule has 0 aliphatic rings. The van der Waals surface area contributed by atoms with E-state index in [-0.39, 0.29) is 19.5 Å². The van der Waals surface area contributed by atoms with Gasteiger partial charge in [-0.05, 0) is 18.9 Å². The summed E-state index contributed by atoms with van der Waals surface area (Å²) in [6, 6.07) is 8.62. The third kappa shape index (κ3) is 5.71. The molecule has 6 heteroatoms. The van der Waals surface area contributed by atoms with E-state index in [9.17, 15) is 14.7 Å². The number of hydrogen-bond donors (Lipinski definition) is 4. The summed E-state index contributed by atoms with van der Waals surface area (Å²) < 4.78 is 0. The summed E-state index contributed by atoms with van der Waals surface area (Å²) in [4.78, 5) is 21.8. The lowest BCUT2D eigenvalue weighted by atomic mass is 9.96. The summed E-state index contributed by atoms with van der Waals surface area (Å²) in [7, 11) is 0. The smallest absolute Gasteiger partial charge is 0.314 e. The molecule has 2 amide bonds. The van der Waals surface area contributed by atoms with Crippen LogP contribution in [-0.2, 0) is 10.4 Å². The Morgan fingerprint density at radius 3 is 2.45 bits per heavy atom. The highest BCUT2D eigenvalue weighted by Crippen LogP contribution is 2.18. The summed E-state index contributed by atoms with van der Waals surface area (Å²) in [6.45, 7) is 1.97. The van der Waals surface area contributed by atoms with E-state index in [2.05, 4.69) is 10.6 Å². The van der Waals surface area contributed by atoms with Crippen LogP contribution in [0.3, 0.4) is 0 Å². The third-order valence-electron chi connectivity index (χ3n) is 2.84. The van der Waals surface area contributed by atoms with Crippen molar-refractivity contribution in [2.75, 3.05) is 13.1 Å². The first kappa shape index (κ1) is 16.0. The van der Waals surface area contributed by atoms with Gasteiger partial charge in [-0.15, -0.1) is 0 Å². The maximum absolute atomic E-state index is 11.5. The van der Waals surface area contributed by atoms with Gasteiger partial charge in [-0.2, -0.15) is 0 Å². The van der Waals surface area contributed by atoms with Crippen molar-refractivity contribution in [1.29, 1.82) is 0 Å². The number of carboxylic acid groups (broad SMARTS) is 1. The van der Waals surface area contributed by atoms with E-state index in [0.717, 1.165) is 0 Å². The van der Waals surface area contributed by atoms with E-state index in [1.165, 1.54) is 0 Å². The number of carbonyl (C=O) groups is 2. The van der Waals surface area contributed by atoms with Crippen LogP contribution in [0.1, 0.15) is 25.3 Å². The highest BCUT2D eigenvalue weighted by Gasteiger charge is 2.23. The number of benzene rings is 1.